The summed E-state index contributed by atoms with van der Waals surface area (Å²) in [6.45, 7) is 0. The molecule has 0 radical (unpaired) electrons. The molecule has 3 nitrogen and oxygen atoms in total. The summed E-state index contributed by atoms with van der Waals surface area (Å²) in [7, 11) is 0. The minimum atomic E-state index is -2.17. The summed E-state index contributed by atoms with van der Waals surface area (Å²) in [5.41, 5.74) is 0. The maximum atomic E-state index is 8.53. The zero-order valence-corrected chi connectivity index (χ0v) is 4.41. The van der Waals surface area contributed by atoms with Crippen molar-refractivity contribution < 1.29 is 30.3 Å². The van der Waals surface area contributed by atoms with Gasteiger partial charge in [-0.25, -0.2) is 0 Å². The average molecular weight is 236 g/mol. The monoisotopic (exact) mass is 237 g/mol. The summed E-state index contributed by atoms with van der Waals surface area (Å²) >= 11 is -2.17. The van der Waals surface area contributed by atoms with Crippen LogP contribution < -0.4 is 0 Å². The first-order valence-corrected chi connectivity index (χ1v) is 2.53. The Morgan fingerprint density at radius 3 is 1.25 bits per heavy atom. The van der Waals surface area contributed by atoms with Crippen LogP contribution in [0.15, 0.2) is 0 Å². The Kier molecular flexibility index (Phi) is 23.6. The van der Waals surface area contributed by atoms with Crippen molar-refractivity contribution in [2.24, 2.45) is 0 Å². The quantitative estimate of drug-likeness (QED) is 0.538. The van der Waals surface area contributed by atoms with E-state index < -0.39 is 17.9 Å². The fraction of sp³-hybridized carbons (Fsp3) is 0. The zero-order chi connectivity index (χ0) is 2.71. The van der Waals surface area contributed by atoms with Gasteiger partial charge in [-0.2, -0.15) is 0 Å². The Labute approximate surface area is 31.1 Å². The molecule has 27 valence electrons. The molecule has 0 rings (SSSR count). The van der Waals surface area contributed by atoms with Gasteiger partial charge in [0.05, 0.1) is 0 Å². The summed E-state index contributed by atoms with van der Waals surface area (Å²) in [4.78, 5) is 0. The van der Waals surface area contributed by atoms with Crippen LogP contribution in [0, 0.1) is 0 Å². The van der Waals surface area contributed by atoms with Gasteiger partial charge < -0.3 is 5.48 Å². The van der Waals surface area contributed by atoms with Gasteiger partial charge in [0.15, 0.2) is 0 Å². The second kappa shape index (κ2) is 10.7. The van der Waals surface area contributed by atoms with E-state index >= 15 is 0 Å². The van der Waals surface area contributed by atoms with Crippen molar-refractivity contribution in [2.75, 3.05) is 0 Å². The third-order valence-electron chi connectivity index (χ3n) is 0. The average Bonchev–Trinajstić information content (AvgIpc) is 0.918. The molecule has 0 aliphatic rings. The molecule has 0 aliphatic carbocycles. The fourth-order valence-corrected chi connectivity index (χ4v) is 0. The predicted molar refractivity (Wildman–Crippen MR) is 4.99 cm³/mol. The first-order valence-electron chi connectivity index (χ1n) is 0.309. The first kappa shape index (κ1) is 8.88. The Hall–Kier alpha value is 0.222. The van der Waals surface area contributed by atoms with E-state index in [9.17, 15) is 0 Å². The van der Waals surface area contributed by atoms with Crippen molar-refractivity contribution >= 4 is 0 Å². The molecule has 0 spiro atoms. The molecule has 4 heteroatoms. The van der Waals surface area contributed by atoms with E-state index in [2.05, 4.69) is 0 Å². The molecule has 0 heterocycles. The van der Waals surface area contributed by atoms with E-state index in [1.165, 1.54) is 0 Å². The normalized spacial score (nSPS) is 3.00. The Morgan fingerprint density at radius 1 is 1.25 bits per heavy atom. The second-order valence-corrected chi connectivity index (χ2v) is 0.516. The van der Waals surface area contributed by atoms with Crippen molar-refractivity contribution in [1.82, 2.24) is 0 Å². The van der Waals surface area contributed by atoms with Crippen molar-refractivity contribution in [2.45, 2.75) is 0 Å². The molecule has 0 aromatic heterocycles. The van der Waals surface area contributed by atoms with E-state index in [1.54, 1.807) is 0 Å². The molecule has 0 aromatic carbocycles. The van der Waals surface area contributed by atoms with E-state index in [0.717, 1.165) is 0 Å². The Balaban J connectivity index is 0. The van der Waals surface area contributed by atoms with E-state index in [4.69, 9.17) is 6.94 Å². The number of hydrogen-bond acceptors (Lipinski definition) is 2. The summed E-state index contributed by atoms with van der Waals surface area (Å²) in [6, 6.07) is 0. The van der Waals surface area contributed by atoms with Crippen molar-refractivity contribution in [3.8, 4) is 0 Å². The molecule has 0 fully saturated rings. The van der Waals surface area contributed by atoms with Gasteiger partial charge in [0.25, 0.3) is 0 Å². The van der Waals surface area contributed by atoms with E-state index in [1.807, 2.05) is 0 Å². The van der Waals surface area contributed by atoms with E-state index in [-0.39, 0.29) is 5.48 Å². The van der Waals surface area contributed by atoms with Gasteiger partial charge in [0, 0.05) is 0 Å². The van der Waals surface area contributed by atoms with Crippen LogP contribution in [0.3, 0.4) is 0 Å². The van der Waals surface area contributed by atoms with Gasteiger partial charge in [-0.05, 0) is 0 Å². The Bertz CT molecular complexity index is 24.3. The van der Waals surface area contributed by atoms with Crippen molar-refractivity contribution in [3.05, 3.63) is 0 Å². The molecular formula is H2O3Re. The van der Waals surface area contributed by atoms with Crippen LogP contribution in [0.2, 0.25) is 0 Å². The summed E-state index contributed by atoms with van der Waals surface area (Å²) in [5.74, 6) is 0. The molecule has 0 saturated carbocycles. The third kappa shape index (κ3) is 67.2. The Morgan fingerprint density at radius 2 is 1.25 bits per heavy atom. The molecule has 0 saturated heterocycles. The van der Waals surface area contributed by atoms with Crippen LogP contribution in [-0.2, 0) is 24.8 Å². The molecular weight excluding hydrogens is 234 g/mol. The zero-order valence-electron chi connectivity index (χ0n) is 1.69. The first-order chi connectivity index (χ1) is 1.41. The standard InChI is InChI=1S/H2O.2O.Re/h1H2;;;. The van der Waals surface area contributed by atoms with Gasteiger partial charge in [0.1, 0.15) is 0 Å². The molecule has 0 unspecified atom stereocenters. The molecule has 0 amide bonds. The topological polar surface area (TPSA) is 65.6 Å². The summed E-state index contributed by atoms with van der Waals surface area (Å²) in [6.07, 6.45) is 0. The molecule has 0 aromatic rings. The molecule has 4 heavy (non-hydrogen) atoms. The van der Waals surface area contributed by atoms with Gasteiger partial charge >= 0.3 is 24.8 Å². The third-order valence-corrected chi connectivity index (χ3v) is 0. The second-order valence-electron chi connectivity index (χ2n) is 0.0630. The van der Waals surface area contributed by atoms with Gasteiger partial charge in [-0.15, -0.1) is 0 Å². The van der Waals surface area contributed by atoms with E-state index in [0.29, 0.717) is 0 Å². The molecule has 2 N–H and O–H groups in total. The number of rotatable bonds is 0. The van der Waals surface area contributed by atoms with Gasteiger partial charge in [-0.1, -0.05) is 0 Å². The molecule has 0 aliphatic heterocycles. The van der Waals surface area contributed by atoms with Gasteiger partial charge in [0.2, 0.25) is 0 Å². The molecule has 0 bridgehead atoms. The summed E-state index contributed by atoms with van der Waals surface area (Å²) in [5, 5.41) is 0. The van der Waals surface area contributed by atoms with Gasteiger partial charge in [-0.3, -0.25) is 0 Å². The van der Waals surface area contributed by atoms with Crippen molar-refractivity contribution in [1.29, 1.82) is 0 Å². The van der Waals surface area contributed by atoms with Crippen molar-refractivity contribution in [3.63, 3.8) is 0 Å². The minimum absolute atomic E-state index is 0. The van der Waals surface area contributed by atoms with Crippen LogP contribution in [-0.4, -0.2) is 5.48 Å². The van der Waals surface area contributed by atoms with Crippen LogP contribution in [0.4, 0.5) is 0 Å². The van der Waals surface area contributed by atoms with Crippen LogP contribution in [0.1, 0.15) is 0 Å². The molecule has 0 atom stereocenters. The van der Waals surface area contributed by atoms with Crippen LogP contribution in [0.5, 0.6) is 0 Å². The van der Waals surface area contributed by atoms with Crippen LogP contribution in [0.25, 0.3) is 0 Å². The summed E-state index contributed by atoms with van der Waals surface area (Å²) < 4.78 is 17.1. The van der Waals surface area contributed by atoms with Crippen LogP contribution >= 0.6 is 0 Å². The maximum absolute atomic E-state index is 8.53. The number of hydrogen-bond donors (Lipinski definition) is 0. The fourth-order valence-electron chi connectivity index (χ4n) is 0. The predicted octanol–water partition coefficient (Wildman–Crippen LogP) is -1.06. The SMILES string of the molecule is O.[O]=[Re]=[O].